The first-order valence-electron chi connectivity index (χ1n) is 12.7. The van der Waals surface area contributed by atoms with Gasteiger partial charge in [-0.1, -0.05) is 54.6 Å². The summed E-state index contributed by atoms with van der Waals surface area (Å²) in [6.07, 6.45) is 4.92. The lowest BCUT2D eigenvalue weighted by molar-refractivity contribution is 0.270. The minimum atomic E-state index is -4.36. The molecule has 210 valence electrons. The van der Waals surface area contributed by atoms with E-state index in [1.54, 1.807) is 24.1 Å². The van der Waals surface area contributed by atoms with Crippen molar-refractivity contribution in [3.8, 4) is 34.3 Å². The van der Waals surface area contributed by atoms with Gasteiger partial charge in [-0.3, -0.25) is 4.57 Å². The Balaban J connectivity index is 1.30. The highest BCUT2D eigenvalue weighted by Gasteiger charge is 2.15. The number of hydrogen-bond donors (Lipinski definition) is 2. The number of nitrogens with zero attached hydrogens (tertiary/aromatic N) is 4. The summed E-state index contributed by atoms with van der Waals surface area (Å²) in [6.45, 7) is 0.390. The van der Waals surface area contributed by atoms with Gasteiger partial charge in [0.05, 0.1) is 24.1 Å². The van der Waals surface area contributed by atoms with Gasteiger partial charge < -0.3 is 28.6 Å². The normalized spacial score (nSPS) is 11.6. The van der Waals surface area contributed by atoms with Gasteiger partial charge in [0.2, 0.25) is 5.88 Å². The second kappa shape index (κ2) is 12.3. The highest BCUT2D eigenvalue weighted by atomic mass is 31.2. The van der Waals surface area contributed by atoms with Crippen LogP contribution >= 0.6 is 7.60 Å². The topological polar surface area (TPSA) is 121 Å². The fourth-order valence-corrected chi connectivity index (χ4v) is 4.44. The maximum atomic E-state index is 11.4. The first kappa shape index (κ1) is 27.9. The molecule has 11 heteroatoms. The van der Waals surface area contributed by atoms with E-state index in [4.69, 9.17) is 19.2 Å². The maximum absolute atomic E-state index is 11.4. The summed E-state index contributed by atoms with van der Waals surface area (Å²) in [4.78, 5) is 23.3. The summed E-state index contributed by atoms with van der Waals surface area (Å²) in [5, 5.41) is 4.48. The van der Waals surface area contributed by atoms with Gasteiger partial charge in [0, 0.05) is 30.8 Å². The molecule has 5 rings (SSSR count). The molecule has 0 amide bonds. The van der Waals surface area contributed by atoms with Crippen molar-refractivity contribution >= 4 is 13.7 Å². The van der Waals surface area contributed by atoms with Crippen molar-refractivity contribution in [1.29, 1.82) is 0 Å². The molecule has 2 aromatic heterocycles. The Morgan fingerprint density at radius 1 is 0.902 bits per heavy atom. The van der Waals surface area contributed by atoms with E-state index < -0.39 is 7.60 Å². The molecule has 0 unspecified atom stereocenters. The first-order chi connectivity index (χ1) is 19.8. The Labute approximate surface area is 237 Å². The molecule has 0 saturated carbocycles. The number of aromatic nitrogens is 4. The lowest BCUT2D eigenvalue weighted by Crippen LogP contribution is -2.04. The maximum Gasteiger partial charge on any atom is 0.349 e. The standard InChI is InChI=1S/C30H29N4O6P/c1-33-19-26(23-9-5-3-6-10-23)31-29(33)21-39-27-14-13-22(17-28(27)38-2)20-40-30-24(15-16-41(35,36)37)18-34(32-30)25-11-7-4-8-12-25/h3-19H,20-21H2,1-2H3,(H2,35,36,37). The molecule has 2 N–H and O–H groups in total. The van der Waals surface area contributed by atoms with Crippen LogP contribution in [-0.2, 0) is 24.8 Å². The molecule has 10 nitrogen and oxygen atoms in total. The SMILES string of the molecule is COc1cc(COc2nn(-c3ccccc3)cc2C=CP(=O)(O)O)ccc1OCc1nc(-c2ccccc2)cn1C. The van der Waals surface area contributed by atoms with Crippen LogP contribution < -0.4 is 14.2 Å². The van der Waals surface area contributed by atoms with Crippen molar-refractivity contribution < 1.29 is 28.6 Å². The minimum absolute atomic E-state index is 0.138. The molecular formula is C30H29N4O6P. The summed E-state index contributed by atoms with van der Waals surface area (Å²) in [5.41, 5.74) is 3.90. The quantitative estimate of drug-likeness (QED) is 0.197. The highest BCUT2D eigenvalue weighted by molar-refractivity contribution is 7.55. The van der Waals surface area contributed by atoms with Crippen LogP contribution in [-0.4, -0.2) is 36.2 Å². The Hall–Kier alpha value is -4.63. The van der Waals surface area contributed by atoms with Gasteiger partial charge in [0.1, 0.15) is 19.0 Å². The average molecular weight is 573 g/mol. The predicted octanol–water partition coefficient (Wildman–Crippen LogP) is 5.59. The van der Waals surface area contributed by atoms with E-state index in [1.165, 1.54) is 6.08 Å². The number of rotatable bonds is 11. The van der Waals surface area contributed by atoms with Crippen molar-refractivity contribution in [2.24, 2.45) is 7.05 Å². The lowest BCUT2D eigenvalue weighted by Gasteiger charge is -2.12. The lowest BCUT2D eigenvalue weighted by atomic mass is 10.2. The minimum Gasteiger partial charge on any atom is -0.493 e. The largest absolute Gasteiger partial charge is 0.493 e. The van der Waals surface area contributed by atoms with Gasteiger partial charge in [0.25, 0.3) is 0 Å². The van der Waals surface area contributed by atoms with Crippen LogP contribution in [0.5, 0.6) is 17.4 Å². The molecule has 0 aliphatic heterocycles. The highest BCUT2D eigenvalue weighted by Crippen LogP contribution is 2.38. The number of imidazole rings is 1. The third-order valence-corrected chi connectivity index (χ3v) is 6.72. The van der Waals surface area contributed by atoms with Crippen LogP contribution in [0.1, 0.15) is 17.0 Å². The van der Waals surface area contributed by atoms with E-state index in [1.807, 2.05) is 90.6 Å². The van der Waals surface area contributed by atoms with Crippen LogP contribution in [0, 0.1) is 0 Å². The number of aryl methyl sites for hydroxylation is 1. The molecule has 0 radical (unpaired) electrons. The molecule has 0 aliphatic carbocycles. The number of methoxy groups -OCH3 is 1. The van der Waals surface area contributed by atoms with E-state index in [-0.39, 0.29) is 19.1 Å². The second-order valence-corrected chi connectivity index (χ2v) is 10.6. The molecule has 0 fully saturated rings. The average Bonchev–Trinajstić information content (AvgIpc) is 3.57. The Morgan fingerprint density at radius 2 is 1.63 bits per heavy atom. The molecule has 0 spiro atoms. The van der Waals surface area contributed by atoms with Crippen molar-refractivity contribution in [3.63, 3.8) is 0 Å². The third-order valence-electron chi connectivity index (χ3n) is 6.18. The van der Waals surface area contributed by atoms with Gasteiger partial charge >= 0.3 is 7.60 Å². The smallest absolute Gasteiger partial charge is 0.349 e. The Morgan fingerprint density at radius 3 is 2.34 bits per heavy atom. The molecule has 0 bridgehead atoms. The summed E-state index contributed by atoms with van der Waals surface area (Å²) in [7, 11) is -0.871. The molecular weight excluding hydrogens is 543 g/mol. The van der Waals surface area contributed by atoms with Gasteiger partial charge in [0.15, 0.2) is 11.5 Å². The zero-order valence-electron chi connectivity index (χ0n) is 22.5. The second-order valence-electron chi connectivity index (χ2n) is 9.16. The van der Waals surface area contributed by atoms with Gasteiger partial charge in [-0.05, 0) is 35.9 Å². The van der Waals surface area contributed by atoms with Gasteiger partial charge in [-0.25, -0.2) is 9.67 Å². The van der Waals surface area contributed by atoms with Gasteiger partial charge in [-0.2, -0.15) is 0 Å². The number of hydrogen-bond acceptors (Lipinski definition) is 6. The summed E-state index contributed by atoms with van der Waals surface area (Å²) in [6, 6.07) is 24.8. The van der Waals surface area contributed by atoms with Crippen molar-refractivity contribution in [1.82, 2.24) is 19.3 Å². The van der Waals surface area contributed by atoms with Crippen LogP contribution in [0.3, 0.4) is 0 Å². The zero-order chi connectivity index (χ0) is 28.8. The van der Waals surface area contributed by atoms with Crippen LogP contribution in [0.15, 0.2) is 97.1 Å². The van der Waals surface area contributed by atoms with E-state index in [9.17, 15) is 14.4 Å². The van der Waals surface area contributed by atoms with E-state index >= 15 is 0 Å². The predicted molar refractivity (Wildman–Crippen MR) is 155 cm³/mol. The molecule has 0 aliphatic rings. The molecule has 5 aromatic rings. The number of benzene rings is 3. The summed E-state index contributed by atoms with van der Waals surface area (Å²) >= 11 is 0. The van der Waals surface area contributed by atoms with Crippen molar-refractivity contribution in [3.05, 3.63) is 114 Å². The Kier molecular flexibility index (Phi) is 8.35. The fraction of sp³-hybridized carbons (Fsp3) is 0.133. The zero-order valence-corrected chi connectivity index (χ0v) is 23.4. The van der Waals surface area contributed by atoms with Gasteiger partial charge in [-0.15, -0.1) is 5.10 Å². The van der Waals surface area contributed by atoms with Crippen molar-refractivity contribution in [2.75, 3.05) is 7.11 Å². The monoisotopic (exact) mass is 572 g/mol. The molecule has 2 heterocycles. The summed E-state index contributed by atoms with van der Waals surface area (Å²) in [5.74, 6) is 2.90. The number of para-hydroxylation sites is 1. The van der Waals surface area contributed by atoms with Crippen LogP contribution in [0.25, 0.3) is 23.0 Å². The van der Waals surface area contributed by atoms with E-state index in [0.29, 0.717) is 17.1 Å². The van der Waals surface area contributed by atoms with Crippen molar-refractivity contribution in [2.45, 2.75) is 13.2 Å². The summed E-state index contributed by atoms with van der Waals surface area (Å²) < 4.78 is 32.5. The number of ether oxygens (including phenoxy) is 3. The first-order valence-corrected chi connectivity index (χ1v) is 14.4. The molecule has 0 atom stereocenters. The van der Waals surface area contributed by atoms with E-state index in [2.05, 4.69) is 5.10 Å². The fourth-order valence-electron chi connectivity index (χ4n) is 4.09. The molecule has 3 aromatic carbocycles. The molecule has 0 saturated heterocycles. The van der Waals surface area contributed by atoms with Crippen LogP contribution in [0.4, 0.5) is 0 Å². The van der Waals surface area contributed by atoms with E-state index in [0.717, 1.165) is 34.1 Å². The molecule has 41 heavy (non-hydrogen) atoms. The Bertz CT molecular complexity index is 1690. The third kappa shape index (κ3) is 7.12. The van der Waals surface area contributed by atoms with Crippen LogP contribution in [0.2, 0.25) is 0 Å².